The third-order valence-corrected chi connectivity index (χ3v) is 3.99. The third-order valence-electron chi connectivity index (χ3n) is 3.99. The molecule has 0 aromatic heterocycles. The molecular weight excluding hydrogens is 224 g/mol. The number of benzene rings is 1. The number of aliphatic hydroxyl groups excluding tert-OH is 1. The second-order valence-electron chi connectivity index (χ2n) is 5.38. The summed E-state index contributed by atoms with van der Waals surface area (Å²) in [7, 11) is 0. The highest BCUT2D eigenvalue weighted by Crippen LogP contribution is 2.41. The van der Waals surface area contributed by atoms with Gasteiger partial charge in [0.05, 0.1) is 5.60 Å². The standard InChI is InChI=1S/C16H24O2/c1-3-18-16(10-5-4-6-11-16)15(17)14-9-7-8-13(2)12-14/h7-9,12,15,17H,3-6,10-11H2,1-2H3. The molecule has 0 saturated heterocycles. The van der Waals surface area contributed by atoms with Gasteiger partial charge in [-0.2, -0.15) is 0 Å². The van der Waals surface area contributed by atoms with Gasteiger partial charge in [0.1, 0.15) is 6.10 Å². The first kappa shape index (κ1) is 13.6. The summed E-state index contributed by atoms with van der Waals surface area (Å²) in [5.74, 6) is 0. The van der Waals surface area contributed by atoms with Gasteiger partial charge in [0, 0.05) is 6.61 Å². The van der Waals surface area contributed by atoms with E-state index in [1.54, 1.807) is 0 Å². The zero-order valence-electron chi connectivity index (χ0n) is 11.5. The average molecular weight is 248 g/mol. The number of hydrogen-bond donors (Lipinski definition) is 1. The largest absolute Gasteiger partial charge is 0.385 e. The molecule has 1 unspecified atom stereocenters. The molecular formula is C16H24O2. The molecule has 2 heteroatoms. The van der Waals surface area contributed by atoms with Crippen molar-refractivity contribution in [3.05, 3.63) is 35.4 Å². The van der Waals surface area contributed by atoms with Gasteiger partial charge in [0.25, 0.3) is 0 Å². The Balaban J connectivity index is 2.24. The molecule has 2 nitrogen and oxygen atoms in total. The summed E-state index contributed by atoms with van der Waals surface area (Å²) in [6, 6.07) is 8.15. The summed E-state index contributed by atoms with van der Waals surface area (Å²) in [6.07, 6.45) is 5.00. The van der Waals surface area contributed by atoms with Crippen LogP contribution >= 0.6 is 0 Å². The van der Waals surface area contributed by atoms with E-state index in [0.717, 1.165) is 31.2 Å². The van der Waals surface area contributed by atoms with Crippen LogP contribution in [-0.4, -0.2) is 17.3 Å². The van der Waals surface area contributed by atoms with Crippen LogP contribution in [0.25, 0.3) is 0 Å². The van der Waals surface area contributed by atoms with E-state index in [1.165, 1.54) is 12.0 Å². The fourth-order valence-electron chi connectivity index (χ4n) is 3.08. The van der Waals surface area contributed by atoms with Crippen LogP contribution in [0.4, 0.5) is 0 Å². The van der Waals surface area contributed by atoms with E-state index in [0.29, 0.717) is 6.61 Å². The lowest BCUT2D eigenvalue weighted by Gasteiger charge is -2.41. The van der Waals surface area contributed by atoms with Crippen LogP contribution in [0.15, 0.2) is 24.3 Å². The van der Waals surface area contributed by atoms with Gasteiger partial charge in [-0.05, 0) is 32.3 Å². The van der Waals surface area contributed by atoms with Crippen molar-refractivity contribution in [3.8, 4) is 0 Å². The van der Waals surface area contributed by atoms with Gasteiger partial charge in [-0.25, -0.2) is 0 Å². The van der Waals surface area contributed by atoms with Crippen LogP contribution in [0.3, 0.4) is 0 Å². The van der Waals surface area contributed by atoms with Crippen molar-refractivity contribution in [2.24, 2.45) is 0 Å². The molecule has 2 rings (SSSR count). The molecule has 1 fully saturated rings. The Bertz CT molecular complexity index is 375. The molecule has 100 valence electrons. The molecule has 0 amide bonds. The molecule has 18 heavy (non-hydrogen) atoms. The van der Waals surface area contributed by atoms with Gasteiger partial charge in [-0.3, -0.25) is 0 Å². The van der Waals surface area contributed by atoms with Crippen molar-refractivity contribution in [3.63, 3.8) is 0 Å². The van der Waals surface area contributed by atoms with Crippen LogP contribution in [-0.2, 0) is 4.74 Å². The molecule has 1 saturated carbocycles. The SMILES string of the molecule is CCOC1(C(O)c2cccc(C)c2)CCCCC1. The normalized spacial score (nSPS) is 20.6. The molecule has 1 N–H and O–H groups in total. The molecule has 0 aliphatic heterocycles. The fraction of sp³-hybridized carbons (Fsp3) is 0.625. The minimum absolute atomic E-state index is 0.360. The first-order valence-corrected chi connectivity index (χ1v) is 7.06. The molecule has 1 atom stereocenters. The number of rotatable bonds is 4. The van der Waals surface area contributed by atoms with E-state index in [4.69, 9.17) is 4.74 Å². The van der Waals surface area contributed by atoms with E-state index >= 15 is 0 Å². The van der Waals surface area contributed by atoms with Gasteiger partial charge in [-0.15, -0.1) is 0 Å². The van der Waals surface area contributed by atoms with Gasteiger partial charge in [-0.1, -0.05) is 49.1 Å². The van der Waals surface area contributed by atoms with E-state index in [1.807, 2.05) is 19.1 Å². The maximum Gasteiger partial charge on any atom is 0.108 e. The zero-order chi connectivity index (χ0) is 13.0. The van der Waals surface area contributed by atoms with Crippen molar-refractivity contribution in [1.29, 1.82) is 0 Å². The van der Waals surface area contributed by atoms with Crippen molar-refractivity contribution in [1.82, 2.24) is 0 Å². The Labute approximate surface area is 110 Å². The highest BCUT2D eigenvalue weighted by Gasteiger charge is 2.40. The first-order valence-electron chi connectivity index (χ1n) is 7.06. The smallest absolute Gasteiger partial charge is 0.108 e. The predicted octanol–water partition coefficient (Wildman–Crippen LogP) is 3.77. The minimum atomic E-state index is -0.502. The van der Waals surface area contributed by atoms with E-state index in [9.17, 15) is 5.11 Å². The van der Waals surface area contributed by atoms with Crippen LogP contribution in [0.1, 0.15) is 56.3 Å². The molecule has 1 aromatic carbocycles. The molecule has 0 heterocycles. The second kappa shape index (κ2) is 5.85. The fourth-order valence-corrected chi connectivity index (χ4v) is 3.08. The summed E-state index contributed by atoms with van der Waals surface area (Å²) < 4.78 is 5.98. The summed E-state index contributed by atoms with van der Waals surface area (Å²) in [5.41, 5.74) is 1.82. The van der Waals surface area contributed by atoms with Crippen molar-refractivity contribution in [2.45, 2.75) is 57.7 Å². The van der Waals surface area contributed by atoms with Gasteiger partial charge >= 0.3 is 0 Å². The maximum atomic E-state index is 10.7. The number of aryl methyl sites for hydroxylation is 1. The van der Waals surface area contributed by atoms with Crippen molar-refractivity contribution < 1.29 is 9.84 Å². The van der Waals surface area contributed by atoms with Crippen LogP contribution in [0.5, 0.6) is 0 Å². The molecule has 0 bridgehead atoms. The van der Waals surface area contributed by atoms with E-state index in [2.05, 4.69) is 19.1 Å². The molecule has 1 aliphatic rings. The van der Waals surface area contributed by atoms with Crippen molar-refractivity contribution >= 4 is 0 Å². The molecule has 0 spiro atoms. The van der Waals surface area contributed by atoms with E-state index < -0.39 is 6.10 Å². The summed E-state index contributed by atoms with van der Waals surface area (Å²) in [4.78, 5) is 0. The monoisotopic (exact) mass is 248 g/mol. The Kier molecular flexibility index (Phi) is 4.41. The molecule has 0 radical (unpaired) electrons. The highest BCUT2D eigenvalue weighted by atomic mass is 16.5. The van der Waals surface area contributed by atoms with Crippen LogP contribution < -0.4 is 0 Å². The van der Waals surface area contributed by atoms with Crippen LogP contribution in [0.2, 0.25) is 0 Å². The Morgan fingerprint density at radius 3 is 2.61 bits per heavy atom. The van der Waals surface area contributed by atoms with Gasteiger partial charge in [0.15, 0.2) is 0 Å². The van der Waals surface area contributed by atoms with E-state index in [-0.39, 0.29) is 5.60 Å². The first-order chi connectivity index (χ1) is 8.68. The average Bonchev–Trinajstić information content (AvgIpc) is 2.39. The van der Waals surface area contributed by atoms with Gasteiger partial charge < -0.3 is 9.84 Å². The van der Waals surface area contributed by atoms with Gasteiger partial charge in [0.2, 0.25) is 0 Å². The predicted molar refractivity (Wildman–Crippen MR) is 73.6 cm³/mol. The second-order valence-corrected chi connectivity index (χ2v) is 5.38. The topological polar surface area (TPSA) is 29.5 Å². The highest BCUT2D eigenvalue weighted by molar-refractivity contribution is 5.26. The Morgan fingerprint density at radius 1 is 1.28 bits per heavy atom. The quantitative estimate of drug-likeness (QED) is 0.879. The van der Waals surface area contributed by atoms with Crippen LogP contribution in [0, 0.1) is 6.92 Å². The lowest BCUT2D eigenvalue weighted by Crippen LogP contribution is -2.41. The zero-order valence-corrected chi connectivity index (χ0v) is 11.5. The molecule has 1 aromatic rings. The summed E-state index contributed by atoms with van der Waals surface area (Å²) >= 11 is 0. The molecule has 1 aliphatic carbocycles. The van der Waals surface area contributed by atoms with Crippen molar-refractivity contribution in [2.75, 3.05) is 6.61 Å². The lowest BCUT2D eigenvalue weighted by atomic mass is 9.78. The number of hydrogen-bond acceptors (Lipinski definition) is 2. The Hall–Kier alpha value is -0.860. The summed E-state index contributed by atoms with van der Waals surface area (Å²) in [6.45, 7) is 4.74. The minimum Gasteiger partial charge on any atom is -0.385 e. The maximum absolute atomic E-state index is 10.7. The lowest BCUT2D eigenvalue weighted by molar-refractivity contribution is -0.141. The summed E-state index contributed by atoms with van der Waals surface area (Å²) in [5, 5.41) is 10.7. The number of ether oxygens (including phenoxy) is 1. The third kappa shape index (κ3) is 2.76. The Morgan fingerprint density at radius 2 is 2.00 bits per heavy atom. The number of aliphatic hydroxyl groups is 1.